The number of carbonyl (C=O) groups is 1. The molecular formula is C25H24N6O2. The van der Waals surface area contributed by atoms with Crippen molar-refractivity contribution in [2.24, 2.45) is 0 Å². The first-order valence-electron chi connectivity index (χ1n) is 11.2. The van der Waals surface area contributed by atoms with Gasteiger partial charge in [-0.05, 0) is 42.2 Å². The van der Waals surface area contributed by atoms with Crippen molar-refractivity contribution in [2.75, 3.05) is 13.1 Å². The number of fused-ring (bicyclic) bond motifs is 3. The van der Waals surface area contributed by atoms with Gasteiger partial charge in [0, 0.05) is 49.6 Å². The summed E-state index contributed by atoms with van der Waals surface area (Å²) in [5, 5.41) is 4.43. The van der Waals surface area contributed by atoms with Gasteiger partial charge in [-0.2, -0.15) is 9.78 Å². The molecule has 0 aliphatic carbocycles. The first-order valence-corrected chi connectivity index (χ1v) is 11.2. The van der Waals surface area contributed by atoms with Gasteiger partial charge < -0.3 is 4.74 Å². The fourth-order valence-electron chi connectivity index (χ4n) is 5.03. The fourth-order valence-corrected chi connectivity index (χ4v) is 5.03. The van der Waals surface area contributed by atoms with Crippen LogP contribution >= 0.6 is 0 Å². The molecule has 8 heteroatoms. The Hall–Kier alpha value is -3.65. The molecule has 0 radical (unpaired) electrons. The van der Waals surface area contributed by atoms with Crippen molar-refractivity contribution in [3.8, 4) is 5.95 Å². The second kappa shape index (κ2) is 7.74. The van der Waals surface area contributed by atoms with Crippen molar-refractivity contribution in [3.63, 3.8) is 0 Å². The number of rotatable bonds is 4. The lowest BCUT2D eigenvalue weighted by atomic mass is 9.90. The summed E-state index contributed by atoms with van der Waals surface area (Å²) in [6.45, 7) is 7.44. The molecule has 33 heavy (non-hydrogen) atoms. The van der Waals surface area contributed by atoms with E-state index in [1.165, 1.54) is 11.1 Å². The molecule has 1 unspecified atom stereocenters. The summed E-state index contributed by atoms with van der Waals surface area (Å²) >= 11 is 0. The van der Waals surface area contributed by atoms with Gasteiger partial charge in [-0.1, -0.05) is 13.0 Å². The molecule has 0 saturated carbocycles. The molecule has 5 heterocycles. The quantitative estimate of drug-likeness (QED) is 0.450. The molecular weight excluding hydrogens is 416 g/mol. The number of hydrogen-bond acceptors (Lipinski definition) is 7. The van der Waals surface area contributed by atoms with Crippen LogP contribution in [0.3, 0.4) is 0 Å². The molecule has 8 nitrogen and oxygen atoms in total. The maximum absolute atomic E-state index is 11.8. The maximum atomic E-state index is 11.8. The highest BCUT2D eigenvalue weighted by atomic mass is 16.5. The zero-order chi connectivity index (χ0) is 22.5. The van der Waals surface area contributed by atoms with Gasteiger partial charge in [-0.3, -0.25) is 9.88 Å². The molecule has 0 spiro atoms. The minimum absolute atomic E-state index is 0.210. The number of benzene rings is 1. The van der Waals surface area contributed by atoms with Crippen molar-refractivity contribution in [1.82, 2.24) is 29.6 Å². The number of aromatic nitrogens is 5. The van der Waals surface area contributed by atoms with Crippen molar-refractivity contribution in [3.05, 3.63) is 76.4 Å². The SMILES string of the molecule is Cc1c(C(C)CN2CCc3nc(-n4ncc5ncccc54)ncc3C2)ccc2c1COC2=O. The maximum Gasteiger partial charge on any atom is 0.338 e. The second-order valence-corrected chi connectivity index (χ2v) is 8.87. The molecule has 0 N–H and O–H groups in total. The molecule has 0 amide bonds. The summed E-state index contributed by atoms with van der Waals surface area (Å²) in [7, 11) is 0. The number of pyridine rings is 1. The van der Waals surface area contributed by atoms with E-state index in [4.69, 9.17) is 9.72 Å². The van der Waals surface area contributed by atoms with Crippen LogP contribution in [-0.2, 0) is 24.3 Å². The Bertz CT molecular complexity index is 1400. The van der Waals surface area contributed by atoms with Crippen LogP contribution in [0.4, 0.5) is 0 Å². The predicted octanol–water partition coefficient (Wildman–Crippen LogP) is 3.35. The fraction of sp³-hybridized carbons (Fsp3) is 0.320. The molecule has 4 aromatic rings. The van der Waals surface area contributed by atoms with Gasteiger partial charge in [0.1, 0.15) is 12.1 Å². The molecule has 0 bridgehead atoms. The monoisotopic (exact) mass is 440 g/mol. The Balaban J connectivity index is 1.20. The summed E-state index contributed by atoms with van der Waals surface area (Å²) in [6, 6.07) is 7.87. The lowest BCUT2D eigenvalue weighted by Gasteiger charge is -2.31. The molecule has 6 rings (SSSR count). The van der Waals surface area contributed by atoms with Crippen molar-refractivity contribution < 1.29 is 9.53 Å². The Morgan fingerprint density at radius 2 is 2.09 bits per heavy atom. The lowest BCUT2D eigenvalue weighted by Crippen LogP contribution is -2.34. The molecule has 1 atom stereocenters. The van der Waals surface area contributed by atoms with Crippen molar-refractivity contribution >= 4 is 17.0 Å². The highest BCUT2D eigenvalue weighted by molar-refractivity contribution is 5.94. The number of ether oxygens (including phenoxy) is 1. The first kappa shape index (κ1) is 20.0. The molecule has 2 aliphatic heterocycles. The Morgan fingerprint density at radius 1 is 1.18 bits per heavy atom. The van der Waals surface area contributed by atoms with Gasteiger partial charge in [0.2, 0.25) is 0 Å². The molecule has 166 valence electrons. The van der Waals surface area contributed by atoms with Crippen molar-refractivity contribution in [2.45, 2.75) is 39.3 Å². The summed E-state index contributed by atoms with van der Waals surface area (Å²) in [6.07, 6.45) is 6.31. The average Bonchev–Trinajstić information content (AvgIpc) is 3.43. The van der Waals surface area contributed by atoms with Crippen LogP contribution in [0.2, 0.25) is 0 Å². The van der Waals surface area contributed by atoms with Crippen LogP contribution in [0.25, 0.3) is 17.0 Å². The molecule has 2 aliphatic rings. The smallest absolute Gasteiger partial charge is 0.338 e. The van der Waals surface area contributed by atoms with Crippen LogP contribution in [0.1, 0.15) is 51.1 Å². The number of esters is 1. The summed E-state index contributed by atoms with van der Waals surface area (Å²) < 4.78 is 6.97. The molecule has 0 saturated heterocycles. The van der Waals surface area contributed by atoms with Crippen molar-refractivity contribution in [1.29, 1.82) is 0 Å². The van der Waals surface area contributed by atoms with Crippen LogP contribution < -0.4 is 0 Å². The van der Waals surface area contributed by atoms with E-state index in [-0.39, 0.29) is 5.97 Å². The summed E-state index contributed by atoms with van der Waals surface area (Å²) in [5.41, 5.74) is 8.19. The number of hydrogen-bond donors (Lipinski definition) is 0. The van der Waals surface area contributed by atoms with Gasteiger partial charge >= 0.3 is 5.97 Å². The highest BCUT2D eigenvalue weighted by Crippen LogP contribution is 2.31. The van der Waals surface area contributed by atoms with E-state index in [2.05, 4.69) is 39.9 Å². The van der Waals surface area contributed by atoms with E-state index in [0.717, 1.165) is 53.9 Å². The van der Waals surface area contributed by atoms with Crippen LogP contribution in [0.5, 0.6) is 0 Å². The van der Waals surface area contributed by atoms with Crippen LogP contribution in [0, 0.1) is 6.92 Å². The Kier molecular flexibility index (Phi) is 4.69. The normalized spacial score (nSPS) is 16.5. The number of carbonyl (C=O) groups excluding carboxylic acids is 1. The van der Waals surface area contributed by atoms with Crippen LogP contribution in [0.15, 0.2) is 42.9 Å². The number of nitrogens with zero attached hydrogens (tertiary/aromatic N) is 6. The first-order chi connectivity index (χ1) is 16.1. The van der Waals surface area contributed by atoms with E-state index in [0.29, 0.717) is 24.0 Å². The topological polar surface area (TPSA) is 86.0 Å². The Labute approximate surface area is 191 Å². The van der Waals surface area contributed by atoms with Crippen LogP contribution in [-0.4, -0.2) is 48.7 Å². The standard InChI is InChI=1S/C25H24N6O2/c1-15(18-5-6-19-20(16(18)2)14-33-24(19)32)12-30-9-7-21-17(13-30)10-27-25(29-21)31-23-4-3-8-26-22(23)11-28-31/h3-6,8,10-11,15H,7,9,12-14H2,1-2H3. The largest absolute Gasteiger partial charge is 0.457 e. The lowest BCUT2D eigenvalue weighted by molar-refractivity contribution is 0.0535. The van der Waals surface area contributed by atoms with E-state index in [1.807, 2.05) is 24.4 Å². The third-order valence-electron chi connectivity index (χ3n) is 6.80. The minimum Gasteiger partial charge on any atom is -0.457 e. The van der Waals surface area contributed by atoms with E-state index in [9.17, 15) is 4.79 Å². The summed E-state index contributed by atoms with van der Waals surface area (Å²) in [5.74, 6) is 0.721. The second-order valence-electron chi connectivity index (χ2n) is 8.87. The van der Waals surface area contributed by atoms with Gasteiger partial charge in [0.05, 0.1) is 23.0 Å². The molecule has 1 aromatic carbocycles. The highest BCUT2D eigenvalue weighted by Gasteiger charge is 2.27. The third-order valence-corrected chi connectivity index (χ3v) is 6.80. The summed E-state index contributed by atoms with van der Waals surface area (Å²) in [4.78, 5) is 28.1. The van der Waals surface area contributed by atoms with Gasteiger partial charge in [-0.15, -0.1) is 0 Å². The molecule has 3 aromatic heterocycles. The molecule has 0 fully saturated rings. The number of cyclic esters (lactones) is 1. The van der Waals surface area contributed by atoms with E-state index < -0.39 is 0 Å². The predicted molar refractivity (Wildman–Crippen MR) is 122 cm³/mol. The van der Waals surface area contributed by atoms with Gasteiger partial charge in [0.15, 0.2) is 0 Å². The zero-order valence-electron chi connectivity index (χ0n) is 18.7. The Morgan fingerprint density at radius 3 is 3.00 bits per heavy atom. The zero-order valence-corrected chi connectivity index (χ0v) is 18.7. The van der Waals surface area contributed by atoms with E-state index in [1.54, 1.807) is 17.1 Å². The van der Waals surface area contributed by atoms with Gasteiger partial charge in [0.25, 0.3) is 5.95 Å². The van der Waals surface area contributed by atoms with E-state index >= 15 is 0 Å². The van der Waals surface area contributed by atoms with Gasteiger partial charge in [-0.25, -0.2) is 14.8 Å². The third kappa shape index (κ3) is 3.38. The average molecular weight is 441 g/mol. The minimum atomic E-state index is -0.210.